The molecule has 1 aromatic carbocycles. The van der Waals surface area contributed by atoms with Crippen molar-refractivity contribution in [2.24, 2.45) is 5.10 Å². The topological polar surface area (TPSA) is 99.4 Å². The Labute approximate surface area is 144 Å². The summed E-state index contributed by atoms with van der Waals surface area (Å²) in [7, 11) is 2.79. The van der Waals surface area contributed by atoms with Crippen molar-refractivity contribution in [3.63, 3.8) is 0 Å². The Bertz CT molecular complexity index is 781. The summed E-state index contributed by atoms with van der Waals surface area (Å²) in [5.74, 6) is 0.762. The molecule has 1 heterocycles. The van der Waals surface area contributed by atoms with Gasteiger partial charge in [0.2, 0.25) is 11.7 Å². The fourth-order valence-electron chi connectivity index (χ4n) is 1.90. The summed E-state index contributed by atoms with van der Waals surface area (Å²) in [5, 5.41) is 3.79. The molecule has 0 saturated carbocycles. The number of nitrogens with zero attached hydrogens (tertiary/aromatic N) is 1. The zero-order chi connectivity index (χ0) is 18.2. The molecule has 0 radical (unpaired) electrons. The lowest BCUT2D eigenvalue weighted by Gasteiger charge is -2.10. The van der Waals surface area contributed by atoms with Crippen LogP contribution in [0.4, 0.5) is 0 Å². The predicted octanol–water partition coefficient (Wildman–Crippen LogP) is 2.12. The number of furan rings is 1. The second kappa shape index (κ2) is 8.53. The number of carbonyl (C=O) groups is 2. The highest BCUT2D eigenvalue weighted by atomic mass is 16.5. The molecule has 1 N–H and O–H groups in total. The molecule has 0 unspecified atom stereocenters. The van der Waals surface area contributed by atoms with Gasteiger partial charge >= 0.3 is 5.97 Å². The molecule has 0 aliphatic rings. The largest absolute Gasteiger partial charge is 0.493 e. The van der Waals surface area contributed by atoms with Gasteiger partial charge in [-0.2, -0.15) is 5.10 Å². The van der Waals surface area contributed by atoms with Gasteiger partial charge in [0.15, 0.2) is 11.5 Å². The number of rotatable bonds is 7. The summed E-state index contributed by atoms with van der Waals surface area (Å²) >= 11 is 0. The minimum absolute atomic E-state index is 0.109. The Morgan fingerprint density at radius 1 is 1.20 bits per heavy atom. The van der Waals surface area contributed by atoms with Crippen molar-refractivity contribution in [2.45, 2.75) is 13.5 Å². The molecule has 1 aromatic heterocycles. The molecule has 1 amide bonds. The van der Waals surface area contributed by atoms with Crippen LogP contribution in [-0.4, -0.2) is 32.3 Å². The lowest BCUT2D eigenvalue weighted by molar-refractivity contribution is -0.118. The standard InChI is InChI=1S/C17H18N2O6/c1-11(20)19-18-9-12-4-6-14(16(8-12)22-2)24-10-13-5-7-15(25-13)17(21)23-3/h4-9H,10H2,1-3H3,(H,19,20)/b18-9-. The third-order valence-corrected chi connectivity index (χ3v) is 3.04. The first-order valence-electron chi connectivity index (χ1n) is 7.31. The molecule has 0 bridgehead atoms. The number of amides is 1. The summed E-state index contributed by atoms with van der Waals surface area (Å²) in [6.45, 7) is 1.49. The van der Waals surface area contributed by atoms with E-state index in [4.69, 9.17) is 13.9 Å². The fraction of sp³-hybridized carbons (Fsp3) is 0.235. The van der Waals surface area contributed by atoms with E-state index in [1.165, 1.54) is 33.4 Å². The number of methoxy groups -OCH3 is 2. The molecule has 0 spiro atoms. The summed E-state index contributed by atoms with van der Waals surface area (Å²) in [6, 6.07) is 8.32. The lowest BCUT2D eigenvalue weighted by Crippen LogP contribution is -2.12. The first-order valence-corrected chi connectivity index (χ1v) is 7.31. The molecule has 0 saturated heterocycles. The monoisotopic (exact) mass is 346 g/mol. The summed E-state index contributed by atoms with van der Waals surface area (Å²) in [5.41, 5.74) is 3.04. The van der Waals surface area contributed by atoms with Gasteiger partial charge in [-0.15, -0.1) is 0 Å². The normalized spacial score (nSPS) is 10.5. The molecule has 2 rings (SSSR count). The second-order valence-corrected chi connectivity index (χ2v) is 4.88. The van der Waals surface area contributed by atoms with Gasteiger partial charge in [0.25, 0.3) is 0 Å². The van der Waals surface area contributed by atoms with E-state index >= 15 is 0 Å². The van der Waals surface area contributed by atoms with Crippen LogP contribution in [0.3, 0.4) is 0 Å². The van der Waals surface area contributed by atoms with Gasteiger partial charge in [-0.3, -0.25) is 4.79 Å². The van der Waals surface area contributed by atoms with Crippen LogP contribution in [0.5, 0.6) is 11.5 Å². The fourth-order valence-corrected chi connectivity index (χ4v) is 1.90. The van der Waals surface area contributed by atoms with E-state index in [2.05, 4.69) is 15.3 Å². The maximum atomic E-state index is 11.4. The SMILES string of the molecule is COC(=O)c1ccc(COc2ccc(/C=N\NC(C)=O)cc2OC)o1. The molecule has 8 heteroatoms. The molecule has 0 atom stereocenters. The van der Waals surface area contributed by atoms with Crippen LogP contribution in [0.1, 0.15) is 28.8 Å². The van der Waals surface area contributed by atoms with Gasteiger partial charge in [-0.05, 0) is 35.9 Å². The number of carbonyl (C=O) groups excluding carboxylic acids is 2. The van der Waals surface area contributed by atoms with Crippen LogP contribution in [0.25, 0.3) is 0 Å². The number of hydrazone groups is 1. The van der Waals surface area contributed by atoms with Gasteiger partial charge in [0.05, 0.1) is 20.4 Å². The first kappa shape index (κ1) is 18.1. The van der Waals surface area contributed by atoms with Crippen molar-refractivity contribution in [3.8, 4) is 11.5 Å². The van der Waals surface area contributed by atoms with E-state index in [1.807, 2.05) is 0 Å². The minimum atomic E-state index is -0.549. The Morgan fingerprint density at radius 2 is 2.00 bits per heavy atom. The number of hydrogen-bond donors (Lipinski definition) is 1. The number of nitrogens with one attached hydrogen (secondary N) is 1. The minimum Gasteiger partial charge on any atom is -0.493 e. The third kappa shape index (κ3) is 5.10. The van der Waals surface area contributed by atoms with Crippen LogP contribution in [0.2, 0.25) is 0 Å². The summed E-state index contributed by atoms with van der Waals surface area (Å²) in [6.07, 6.45) is 1.49. The highest BCUT2D eigenvalue weighted by Crippen LogP contribution is 2.28. The van der Waals surface area contributed by atoms with E-state index in [-0.39, 0.29) is 18.3 Å². The number of benzene rings is 1. The van der Waals surface area contributed by atoms with Crippen LogP contribution in [0, 0.1) is 0 Å². The van der Waals surface area contributed by atoms with E-state index in [9.17, 15) is 9.59 Å². The number of esters is 1. The molecule has 2 aromatic rings. The molecular weight excluding hydrogens is 328 g/mol. The molecule has 132 valence electrons. The smallest absolute Gasteiger partial charge is 0.373 e. The van der Waals surface area contributed by atoms with E-state index in [0.717, 1.165) is 5.56 Å². The predicted molar refractivity (Wildman–Crippen MR) is 88.8 cm³/mol. The second-order valence-electron chi connectivity index (χ2n) is 4.88. The van der Waals surface area contributed by atoms with Crippen molar-refractivity contribution in [1.29, 1.82) is 0 Å². The first-order chi connectivity index (χ1) is 12.0. The van der Waals surface area contributed by atoms with Gasteiger partial charge in [0.1, 0.15) is 12.4 Å². The average molecular weight is 346 g/mol. The quantitative estimate of drug-likeness (QED) is 0.468. The van der Waals surface area contributed by atoms with E-state index < -0.39 is 5.97 Å². The van der Waals surface area contributed by atoms with Gasteiger partial charge in [0, 0.05) is 6.92 Å². The molecule has 25 heavy (non-hydrogen) atoms. The molecule has 0 aliphatic carbocycles. The average Bonchev–Trinajstić information content (AvgIpc) is 3.08. The molecular formula is C17H18N2O6. The van der Waals surface area contributed by atoms with Crippen LogP contribution < -0.4 is 14.9 Å². The Kier molecular flexibility index (Phi) is 6.16. The Hall–Kier alpha value is -3.29. The van der Waals surface area contributed by atoms with Gasteiger partial charge < -0.3 is 18.6 Å². The van der Waals surface area contributed by atoms with Crippen molar-refractivity contribution < 1.29 is 28.2 Å². The maximum Gasteiger partial charge on any atom is 0.373 e. The van der Waals surface area contributed by atoms with Crippen molar-refractivity contribution >= 4 is 18.1 Å². The highest BCUT2D eigenvalue weighted by Gasteiger charge is 2.12. The molecule has 8 nitrogen and oxygen atoms in total. The lowest BCUT2D eigenvalue weighted by atomic mass is 10.2. The van der Waals surface area contributed by atoms with Crippen LogP contribution in [-0.2, 0) is 16.1 Å². The highest BCUT2D eigenvalue weighted by molar-refractivity contribution is 5.86. The zero-order valence-electron chi connectivity index (χ0n) is 14.1. The third-order valence-electron chi connectivity index (χ3n) is 3.04. The summed E-state index contributed by atoms with van der Waals surface area (Å²) in [4.78, 5) is 22.1. The van der Waals surface area contributed by atoms with Crippen LogP contribution >= 0.6 is 0 Å². The van der Waals surface area contributed by atoms with Gasteiger partial charge in [-0.25, -0.2) is 10.2 Å². The Morgan fingerprint density at radius 3 is 2.68 bits per heavy atom. The van der Waals surface area contributed by atoms with Crippen molar-refractivity contribution in [1.82, 2.24) is 5.43 Å². The van der Waals surface area contributed by atoms with E-state index in [1.54, 1.807) is 24.3 Å². The summed E-state index contributed by atoms with van der Waals surface area (Å²) < 4.78 is 20.8. The number of hydrogen-bond acceptors (Lipinski definition) is 7. The maximum absolute atomic E-state index is 11.4. The number of ether oxygens (including phenoxy) is 3. The van der Waals surface area contributed by atoms with Gasteiger partial charge in [-0.1, -0.05) is 0 Å². The zero-order valence-corrected chi connectivity index (χ0v) is 14.1. The van der Waals surface area contributed by atoms with E-state index in [0.29, 0.717) is 17.3 Å². The van der Waals surface area contributed by atoms with Crippen molar-refractivity contribution in [3.05, 3.63) is 47.4 Å². The molecule has 0 fully saturated rings. The Balaban J connectivity index is 2.04. The van der Waals surface area contributed by atoms with Crippen molar-refractivity contribution in [2.75, 3.05) is 14.2 Å². The molecule has 0 aliphatic heterocycles. The van der Waals surface area contributed by atoms with Crippen LogP contribution in [0.15, 0.2) is 39.9 Å².